The summed E-state index contributed by atoms with van der Waals surface area (Å²) in [6.07, 6.45) is 1.34. The second kappa shape index (κ2) is 23.6. The molecular formula is C40H75NO10. The average molecular weight is 730 g/mol. The molecule has 1 rings (SSSR count). The number of hydrogen-bond donors (Lipinski definition) is 4. The van der Waals surface area contributed by atoms with Crippen molar-refractivity contribution in [3.05, 3.63) is 0 Å². The maximum absolute atomic E-state index is 11.3. The zero-order chi connectivity index (χ0) is 41.5. The normalized spacial score (nSPS) is 18.5. The summed E-state index contributed by atoms with van der Waals surface area (Å²) >= 11 is 0. The quantitative estimate of drug-likeness (QED) is 0.0943. The summed E-state index contributed by atoms with van der Waals surface area (Å²) in [6, 6.07) is 0. The molecule has 0 aromatic rings. The SMILES string of the molecule is CC(C)C(C(=O)O)C(C(=O)O)C(C)C.CC(C)C(C(N)=O)C(C(=O)O)C(C)C.CC(C)C1C(=O)OC(=O)C1C(C)C.CC(C)CC(C)(C)C(C)C. The van der Waals surface area contributed by atoms with E-state index in [4.69, 9.17) is 21.1 Å². The van der Waals surface area contributed by atoms with E-state index < -0.39 is 47.5 Å². The zero-order valence-electron chi connectivity index (χ0n) is 35.1. The Morgan fingerprint density at radius 1 is 0.569 bits per heavy atom. The van der Waals surface area contributed by atoms with E-state index in [-0.39, 0.29) is 59.3 Å². The molecule has 0 saturated carbocycles. The van der Waals surface area contributed by atoms with Gasteiger partial charge in [0.15, 0.2) is 0 Å². The number of carbonyl (C=O) groups is 6. The van der Waals surface area contributed by atoms with Crippen molar-refractivity contribution in [3.8, 4) is 0 Å². The Hall–Kier alpha value is -2.98. The monoisotopic (exact) mass is 730 g/mol. The molecule has 1 amide bonds. The highest BCUT2D eigenvalue weighted by Crippen LogP contribution is 2.35. The van der Waals surface area contributed by atoms with Crippen LogP contribution in [0.2, 0.25) is 0 Å². The molecule has 1 heterocycles. The van der Waals surface area contributed by atoms with Gasteiger partial charge in [0, 0.05) is 0 Å². The summed E-state index contributed by atoms with van der Waals surface area (Å²) in [5, 5.41) is 26.9. The minimum atomic E-state index is -1.03. The molecule has 11 heteroatoms. The smallest absolute Gasteiger partial charge is 0.317 e. The molecule has 0 bridgehead atoms. The van der Waals surface area contributed by atoms with E-state index in [0.717, 1.165) is 11.8 Å². The lowest BCUT2D eigenvalue weighted by Gasteiger charge is -2.30. The molecule has 6 atom stereocenters. The number of cyclic esters (lactones) is 2. The molecule has 11 nitrogen and oxygen atoms in total. The molecule has 1 aliphatic heterocycles. The number of nitrogens with two attached hydrogens (primary N) is 1. The number of carboxylic acid groups (broad SMARTS) is 3. The lowest BCUT2D eigenvalue weighted by Crippen LogP contribution is -2.40. The fraction of sp³-hybridized carbons (Fsp3) is 0.850. The predicted octanol–water partition coefficient (Wildman–Crippen LogP) is 8.13. The molecule has 51 heavy (non-hydrogen) atoms. The minimum absolute atomic E-state index is 0.0454. The van der Waals surface area contributed by atoms with Gasteiger partial charge < -0.3 is 25.8 Å². The maximum atomic E-state index is 11.3. The molecule has 0 aromatic heterocycles. The van der Waals surface area contributed by atoms with Gasteiger partial charge >= 0.3 is 29.8 Å². The van der Waals surface area contributed by atoms with Crippen LogP contribution in [0.15, 0.2) is 0 Å². The second-order valence-electron chi connectivity index (χ2n) is 17.5. The number of carboxylic acids is 3. The van der Waals surface area contributed by atoms with Crippen LogP contribution in [-0.4, -0.2) is 51.1 Å². The largest absolute Gasteiger partial charge is 0.481 e. The molecule has 0 spiro atoms. The zero-order valence-corrected chi connectivity index (χ0v) is 35.1. The first kappa shape index (κ1) is 52.4. The number of rotatable bonds is 15. The summed E-state index contributed by atoms with van der Waals surface area (Å²) in [7, 11) is 0. The number of primary amides is 1. The standard InChI is InChI=1S/C10H19NO3.C10H18O4.C10H16O3.C10H22/c2*1-5(2)7(9(11)12)8(6(3)4)10(13)14;1-5(2)7-8(6(3)4)10(12)13-9(7)11;1-8(2)7-10(5,6)9(3)4/h5-8H,1-4H3,(H2,11,12)(H,13,14);5-8H,1-4H3,(H,11,12)(H,13,14);5-8H,1-4H3;8-9H,7H2,1-6H3. The van der Waals surface area contributed by atoms with Gasteiger partial charge in [-0.3, -0.25) is 28.8 Å². The van der Waals surface area contributed by atoms with Gasteiger partial charge in [-0.1, -0.05) is 125 Å². The van der Waals surface area contributed by atoms with E-state index in [9.17, 15) is 28.8 Å². The van der Waals surface area contributed by atoms with Crippen LogP contribution in [-0.2, 0) is 33.5 Å². The topological polar surface area (TPSA) is 198 Å². The van der Waals surface area contributed by atoms with Gasteiger partial charge in [-0.25, -0.2) is 0 Å². The van der Waals surface area contributed by atoms with Crippen molar-refractivity contribution in [2.24, 2.45) is 94.0 Å². The van der Waals surface area contributed by atoms with E-state index in [2.05, 4.69) is 46.3 Å². The Bertz CT molecular complexity index is 985. The van der Waals surface area contributed by atoms with E-state index in [1.807, 2.05) is 41.5 Å². The third-order valence-corrected chi connectivity index (χ3v) is 9.90. The molecule has 0 radical (unpaired) electrons. The van der Waals surface area contributed by atoms with Crippen LogP contribution in [0.1, 0.15) is 131 Å². The van der Waals surface area contributed by atoms with Crippen LogP contribution in [0.5, 0.6) is 0 Å². The van der Waals surface area contributed by atoms with Gasteiger partial charge in [-0.15, -0.1) is 0 Å². The van der Waals surface area contributed by atoms with Gasteiger partial charge in [0.25, 0.3) is 0 Å². The first-order chi connectivity index (χ1) is 22.9. The lowest BCUT2D eigenvalue weighted by molar-refractivity contribution is -0.157. The third kappa shape index (κ3) is 18.4. The number of carbonyl (C=O) groups excluding carboxylic acids is 3. The molecule has 300 valence electrons. The first-order valence-electron chi connectivity index (χ1n) is 18.6. The Labute approximate surface area is 309 Å². The van der Waals surface area contributed by atoms with E-state index in [1.54, 1.807) is 41.5 Å². The number of aliphatic carboxylic acids is 3. The molecule has 1 saturated heterocycles. The number of esters is 2. The molecular weight excluding hydrogens is 654 g/mol. The summed E-state index contributed by atoms with van der Waals surface area (Å²) < 4.78 is 4.63. The van der Waals surface area contributed by atoms with Crippen LogP contribution in [0.4, 0.5) is 0 Å². The van der Waals surface area contributed by atoms with Gasteiger partial charge in [0.05, 0.1) is 35.5 Å². The van der Waals surface area contributed by atoms with Crippen molar-refractivity contribution in [2.75, 3.05) is 0 Å². The molecule has 0 aliphatic carbocycles. The van der Waals surface area contributed by atoms with Crippen LogP contribution >= 0.6 is 0 Å². The minimum Gasteiger partial charge on any atom is -0.481 e. The van der Waals surface area contributed by atoms with Gasteiger partial charge in [-0.2, -0.15) is 0 Å². The molecule has 0 aromatic carbocycles. The number of ether oxygens (including phenoxy) is 1. The molecule has 1 fully saturated rings. The molecule has 1 aliphatic rings. The summed E-state index contributed by atoms with van der Waals surface area (Å²) in [4.78, 5) is 66.6. The van der Waals surface area contributed by atoms with E-state index >= 15 is 0 Å². The van der Waals surface area contributed by atoms with Gasteiger partial charge in [0.2, 0.25) is 5.91 Å². The van der Waals surface area contributed by atoms with Crippen molar-refractivity contribution >= 4 is 35.8 Å². The van der Waals surface area contributed by atoms with Gasteiger partial charge in [-0.05, 0) is 59.2 Å². The van der Waals surface area contributed by atoms with Gasteiger partial charge in [0.1, 0.15) is 0 Å². The van der Waals surface area contributed by atoms with E-state index in [1.165, 1.54) is 6.42 Å². The number of amides is 1. The Balaban J connectivity index is -0.000000607. The summed E-state index contributed by atoms with van der Waals surface area (Å²) in [5.74, 6) is -6.11. The van der Waals surface area contributed by atoms with Crippen molar-refractivity contribution < 1.29 is 48.8 Å². The molecule has 5 N–H and O–H groups in total. The van der Waals surface area contributed by atoms with Crippen molar-refractivity contribution in [3.63, 3.8) is 0 Å². The summed E-state index contributed by atoms with van der Waals surface area (Å²) in [5.41, 5.74) is 5.73. The Kier molecular flexibility index (Phi) is 24.2. The summed E-state index contributed by atoms with van der Waals surface area (Å²) in [6.45, 7) is 35.8. The van der Waals surface area contributed by atoms with Crippen molar-refractivity contribution in [1.29, 1.82) is 0 Å². The van der Waals surface area contributed by atoms with Crippen LogP contribution in [0, 0.1) is 88.3 Å². The Morgan fingerprint density at radius 2 is 0.824 bits per heavy atom. The van der Waals surface area contributed by atoms with Crippen LogP contribution < -0.4 is 5.73 Å². The third-order valence-electron chi connectivity index (χ3n) is 9.90. The van der Waals surface area contributed by atoms with Crippen LogP contribution in [0.3, 0.4) is 0 Å². The van der Waals surface area contributed by atoms with Crippen LogP contribution in [0.25, 0.3) is 0 Å². The fourth-order valence-electron chi connectivity index (χ4n) is 6.67. The first-order valence-corrected chi connectivity index (χ1v) is 18.6. The highest BCUT2D eigenvalue weighted by molar-refractivity contribution is 5.96. The van der Waals surface area contributed by atoms with E-state index in [0.29, 0.717) is 5.41 Å². The highest BCUT2D eigenvalue weighted by atomic mass is 16.6. The predicted molar refractivity (Wildman–Crippen MR) is 201 cm³/mol. The average Bonchev–Trinajstić information content (AvgIpc) is 3.22. The molecule has 6 unspecified atom stereocenters. The highest BCUT2D eigenvalue weighted by Gasteiger charge is 2.47. The lowest BCUT2D eigenvalue weighted by atomic mass is 9.75. The fourth-order valence-corrected chi connectivity index (χ4v) is 6.67. The Morgan fingerprint density at radius 3 is 0.941 bits per heavy atom. The maximum Gasteiger partial charge on any atom is 0.317 e. The second-order valence-corrected chi connectivity index (χ2v) is 17.5. The van der Waals surface area contributed by atoms with Crippen molar-refractivity contribution in [1.82, 2.24) is 0 Å². The number of hydrogen-bond acceptors (Lipinski definition) is 7. The van der Waals surface area contributed by atoms with Crippen molar-refractivity contribution in [2.45, 2.75) is 131 Å².